The van der Waals surface area contributed by atoms with Crippen molar-refractivity contribution in [2.45, 2.75) is 6.54 Å². The van der Waals surface area contributed by atoms with Crippen LogP contribution in [0.15, 0.2) is 46.9 Å². The Morgan fingerprint density at radius 2 is 2.00 bits per heavy atom. The topological polar surface area (TPSA) is 53.0 Å². The second-order valence-corrected chi connectivity index (χ2v) is 5.19. The van der Waals surface area contributed by atoms with Gasteiger partial charge in [0.2, 0.25) is 0 Å². The maximum atomic E-state index is 8.87. The van der Waals surface area contributed by atoms with E-state index in [4.69, 9.17) is 11.0 Å². The minimum absolute atomic E-state index is 0.512. The standard InChI is InChI=1S/C15H14BrN3/c1-19(10-12-4-2-3-5-14(12)16)13-7-6-11(9-17)15(18)8-13/h2-8H,10,18H2,1H3. The van der Waals surface area contributed by atoms with Crippen LogP contribution in [0.1, 0.15) is 11.1 Å². The third kappa shape index (κ3) is 3.07. The molecule has 0 fully saturated rings. The van der Waals surface area contributed by atoms with Crippen LogP contribution < -0.4 is 10.6 Å². The highest BCUT2D eigenvalue weighted by atomic mass is 79.9. The average molecular weight is 316 g/mol. The van der Waals surface area contributed by atoms with E-state index in [-0.39, 0.29) is 0 Å². The van der Waals surface area contributed by atoms with E-state index in [9.17, 15) is 0 Å². The first-order chi connectivity index (χ1) is 9.11. The minimum Gasteiger partial charge on any atom is -0.398 e. The first-order valence-electron chi connectivity index (χ1n) is 5.86. The fraction of sp³-hybridized carbons (Fsp3) is 0.133. The van der Waals surface area contributed by atoms with Crippen LogP contribution in [0.4, 0.5) is 11.4 Å². The molecule has 0 aromatic heterocycles. The zero-order valence-electron chi connectivity index (χ0n) is 10.6. The highest BCUT2D eigenvalue weighted by Gasteiger charge is 2.07. The van der Waals surface area contributed by atoms with Crippen molar-refractivity contribution >= 4 is 27.3 Å². The van der Waals surface area contributed by atoms with E-state index in [0.29, 0.717) is 11.3 Å². The summed E-state index contributed by atoms with van der Waals surface area (Å²) in [6.07, 6.45) is 0. The van der Waals surface area contributed by atoms with Crippen molar-refractivity contribution in [3.8, 4) is 6.07 Å². The molecular weight excluding hydrogens is 302 g/mol. The number of nitrogens with two attached hydrogens (primary N) is 1. The first kappa shape index (κ1) is 13.4. The van der Waals surface area contributed by atoms with Crippen LogP contribution in [-0.2, 0) is 6.54 Å². The van der Waals surface area contributed by atoms with E-state index in [0.717, 1.165) is 16.7 Å². The highest BCUT2D eigenvalue weighted by molar-refractivity contribution is 9.10. The zero-order chi connectivity index (χ0) is 13.8. The number of nitriles is 1. The summed E-state index contributed by atoms with van der Waals surface area (Å²) in [5.74, 6) is 0. The van der Waals surface area contributed by atoms with Gasteiger partial charge in [-0.2, -0.15) is 5.26 Å². The lowest BCUT2D eigenvalue weighted by molar-refractivity contribution is 0.919. The zero-order valence-corrected chi connectivity index (χ0v) is 12.2. The molecule has 0 radical (unpaired) electrons. The smallest absolute Gasteiger partial charge is 0.101 e. The number of nitrogen functional groups attached to an aromatic ring is 1. The van der Waals surface area contributed by atoms with Gasteiger partial charge in [-0.25, -0.2) is 0 Å². The van der Waals surface area contributed by atoms with Gasteiger partial charge in [-0.1, -0.05) is 34.1 Å². The summed E-state index contributed by atoms with van der Waals surface area (Å²) < 4.78 is 1.09. The molecular formula is C15H14BrN3. The highest BCUT2D eigenvalue weighted by Crippen LogP contribution is 2.23. The first-order valence-corrected chi connectivity index (χ1v) is 6.65. The Bertz CT molecular complexity index is 632. The molecule has 0 aliphatic heterocycles. The van der Waals surface area contributed by atoms with Gasteiger partial charge in [0.05, 0.1) is 11.3 Å². The van der Waals surface area contributed by atoms with Gasteiger partial charge in [0.25, 0.3) is 0 Å². The molecule has 0 bridgehead atoms. The summed E-state index contributed by atoms with van der Waals surface area (Å²) in [6, 6.07) is 15.7. The average Bonchev–Trinajstić information content (AvgIpc) is 2.41. The van der Waals surface area contributed by atoms with Gasteiger partial charge in [-0.15, -0.1) is 0 Å². The van der Waals surface area contributed by atoms with Crippen LogP contribution in [0.5, 0.6) is 0 Å². The SMILES string of the molecule is CN(Cc1ccccc1Br)c1ccc(C#N)c(N)c1. The van der Waals surface area contributed by atoms with Gasteiger partial charge in [-0.05, 0) is 29.8 Å². The molecule has 0 unspecified atom stereocenters. The fourth-order valence-corrected chi connectivity index (χ4v) is 2.27. The quantitative estimate of drug-likeness (QED) is 0.881. The van der Waals surface area contributed by atoms with Gasteiger partial charge in [-0.3, -0.25) is 0 Å². The molecule has 96 valence electrons. The molecule has 2 aromatic rings. The van der Waals surface area contributed by atoms with E-state index >= 15 is 0 Å². The summed E-state index contributed by atoms with van der Waals surface area (Å²) in [5.41, 5.74) is 9.05. The van der Waals surface area contributed by atoms with Gasteiger partial charge in [0.15, 0.2) is 0 Å². The Morgan fingerprint density at radius 1 is 1.26 bits per heavy atom. The molecule has 0 spiro atoms. The molecule has 19 heavy (non-hydrogen) atoms. The molecule has 0 aliphatic rings. The Labute approximate surface area is 121 Å². The molecule has 0 atom stereocenters. The van der Waals surface area contributed by atoms with Crippen LogP contribution in [-0.4, -0.2) is 7.05 Å². The number of halogens is 1. The van der Waals surface area contributed by atoms with Crippen molar-refractivity contribution < 1.29 is 0 Å². The molecule has 0 aliphatic carbocycles. The predicted octanol–water partition coefficient (Wildman–Crippen LogP) is 3.54. The van der Waals surface area contributed by atoms with Crippen LogP contribution in [0, 0.1) is 11.3 Å². The van der Waals surface area contributed by atoms with Crippen molar-refractivity contribution in [1.29, 1.82) is 5.26 Å². The lowest BCUT2D eigenvalue weighted by Gasteiger charge is -2.20. The maximum Gasteiger partial charge on any atom is 0.101 e. The molecule has 2 aromatic carbocycles. The summed E-state index contributed by atoms with van der Waals surface area (Å²) in [6.45, 7) is 0.771. The molecule has 0 heterocycles. The van der Waals surface area contributed by atoms with E-state index < -0.39 is 0 Å². The van der Waals surface area contributed by atoms with E-state index in [1.807, 2.05) is 37.4 Å². The monoisotopic (exact) mass is 315 g/mol. The van der Waals surface area contributed by atoms with Crippen LogP contribution in [0.2, 0.25) is 0 Å². The predicted molar refractivity (Wildman–Crippen MR) is 81.8 cm³/mol. The molecule has 0 saturated heterocycles. The van der Waals surface area contributed by atoms with Crippen LogP contribution in [0.25, 0.3) is 0 Å². The number of hydrogen-bond acceptors (Lipinski definition) is 3. The second kappa shape index (κ2) is 5.77. The van der Waals surface area contributed by atoms with Crippen molar-refractivity contribution in [3.63, 3.8) is 0 Å². The molecule has 0 amide bonds. The molecule has 0 saturated carbocycles. The molecule has 4 heteroatoms. The maximum absolute atomic E-state index is 8.87. The van der Waals surface area contributed by atoms with Crippen molar-refractivity contribution in [2.75, 3.05) is 17.7 Å². The van der Waals surface area contributed by atoms with Gasteiger partial charge < -0.3 is 10.6 Å². The lowest BCUT2D eigenvalue weighted by Crippen LogP contribution is -2.16. The minimum atomic E-state index is 0.512. The Kier molecular flexibility index (Phi) is 4.08. The summed E-state index contributed by atoms with van der Waals surface area (Å²) >= 11 is 3.54. The fourth-order valence-electron chi connectivity index (χ4n) is 1.86. The number of nitrogens with zero attached hydrogens (tertiary/aromatic N) is 2. The van der Waals surface area contributed by atoms with Crippen molar-refractivity contribution in [2.24, 2.45) is 0 Å². The van der Waals surface area contributed by atoms with Gasteiger partial charge >= 0.3 is 0 Å². The molecule has 2 N–H and O–H groups in total. The molecule has 3 nitrogen and oxygen atoms in total. The molecule has 2 rings (SSSR count). The van der Waals surface area contributed by atoms with Gasteiger partial charge in [0.1, 0.15) is 6.07 Å². The second-order valence-electron chi connectivity index (χ2n) is 4.33. The van der Waals surface area contributed by atoms with Crippen molar-refractivity contribution in [3.05, 3.63) is 58.1 Å². The Hall–Kier alpha value is -1.99. The van der Waals surface area contributed by atoms with Crippen molar-refractivity contribution in [1.82, 2.24) is 0 Å². The van der Waals surface area contributed by atoms with Gasteiger partial charge in [0, 0.05) is 23.8 Å². The van der Waals surface area contributed by atoms with Crippen LogP contribution >= 0.6 is 15.9 Å². The third-order valence-corrected chi connectivity index (χ3v) is 3.74. The number of hydrogen-bond donors (Lipinski definition) is 1. The third-order valence-electron chi connectivity index (χ3n) is 2.96. The Balaban J connectivity index is 2.21. The lowest BCUT2D eigenvalue weighted by atomic mass is 10.1. The number of rotatable bonds is 3. The summed E-state index contributed by atoms with van der Waals surface area (Å²) in [7, 11) is 2.00. The van der Waals surface area contributed by atoms with E-state index in [2.05, 4.69) is 33.0 Å². The van der Waals surface area contributed by atoms with Crippen LogP contribution in [0.3, 0.4) is 0 Å². The largest absolute Gasteiger partial charge is 0.398 e. The summed E-state index contributed by atoms with van der Waals surface area (Å²) in [5, 5.41) is 8.87. The normalized spacial score (nSPS) is 9.95. The Morgan fingerprint density at radius 3 is 2.63 bits per heavy atom. The number of benzene rings is 2. The van der Waals surface area contributed by atoms with E-state index in [1.54, 1.807) is 6.07 Å². The number of anilines is 2. The van der Waals surface area contributed by atoms with E-state index in [1.165, 1.54) is 5.56 Å². The summed E-state index contributed by atoms with van der Waals surface area (Å²) in [4.78, 5) is 2.09.